The summed E-state index contributed by atoms with van der Waals surface area (Å²) in [7, 11) is 3.77. The molecule has 1 aliphatic rings. The van der Waals surface area contributed by atoms with Gasteiger partial charge in [-0.1, -0.05) is 29.8 Å². The van der Waals surface area contributed by atoms with Crippen LogP contribution in [0.1, 0.15) is 35.8 Å². The number of aryl methyl sites for hydroxylation is 1. The van der Waals surface area contributed by atoms with Gasteiger partial charge in [-0.05, 0) is 40.9 Å². The third kappa shape index (κ3) is 4.75. The zero-order valence-corrected chi connectivity index (χ0v) is 20.1. The van der Waals surface area contributed by atoms with E-state index in [1.807, 2.05) is 70.7 Å². The van der Waals surface area contributed by atoms with Gasteiger partial charge in [-0.3, -0.25) is 9.59 Å². The number of hydrogen-bond acceptors (Lipinski definition) is 5. The SMILES string of the molecule is Cc1ccc(-c2cc(C(=O)N3CCN(C(=O)CN(C)C)CC3)c3cnn(C(C)C)c3n2)cc1. The van der Waals surface area contributed by atoms with Gasteiger partial charge in [0.25, 0.3) is 5.91 Å². The average Bonchev–Trinajstić information content (AvgIpc) is 3.22. The van der Waals surface area contributed by atoms with Crippen molar-refractivity contribution in [1.29, 1.82) is 0 Å². The molecular formula is C25H32N6O2. The first-order chi connectivity index (χ1) is 15.7. The van der Waals surface area contributed by atoms with Gasteiger partial charge >= 0.3 is 0 Å². The van der Waals surface area contributed by atoms with Crippen molar-refractivity contribution in [2.45, 2.75) is 26.8 Å². The highest BCUT2D eigenvalue weighted by molar-refractivity contribution is 6.06. The van der Waals surface area contributed by atoms with E-state index in [0.717, 1.165) is 16.6 Å². The Labute approximate surface area is 194 Å². The number of hydrogen-bond donors (Lipinski definition) is 0. The molecule has 1 fully saturated rings. The molecule has 2 aromatic heterocycles. The molecule has 33 heavy (non-hydrogen) atoms. The van der Waals surface area contributed by atoms with Crippen molar-refractivity contribution in [3.63, 3.8) is 0 Å². The van der Waals surface area contributed by atoms with Crippen LogP contribution in [0.2, 0.25) is 0 Å². The maximum Gasteiger partial charge on any atom is 0.254 e. The topological polar surface area (TPSA) is 74.6 Å². The Morgan fingerprint density at radius 2 is 1.67 bits per heavy atom. The number of nitrogens with zero attached hydrogens (tertiary/aromatic N) is 6. The summed E-state index contributed by atoms with van der Waals surface area (Å²) in [5, 5.41) is 5.28. The van der Waals surface area contributed by atoms with Crippen LogP contribution in [0.25, 0.3) is 22.3 Å². The van der Waals surface area contributed by atoms with Crippen molar-refractivity contribution < 1.29 is 9.59 Å². The van der Waals surface area contributed by atoms with Gasteiger partial charge in [0.15, 0.2) is 5.65 Å². The molecule has 4 rings (SSSR count). The molecule has 0 aliphatic carbocycles. The number of carbonyl (C=O) groups is 2. The third-order valence-corrected chi connectivity index (χ3v) is 6.00. The number of carbonyl (C=O) groups excluding carboxylic acids is 2. The van der Waals surface area contributed by atoms with Crippen LogP contribution in [-0.2, 0) is 4.79 Å². The molecule has 1 aliphatic heterocycles. The van der Waals surface area contributed by atoms with Crippen molar-refractivity contribution in [2.75, 3.05) is 46.8 Å². The quantitative estimate of drug-likeness (QED) is 0.600. The van der Waals surface area contributed by atoms with Gasteiger partial charge in [0, 0.05) is 37.8 Å². The van der Waals surface area contributed by atoms with Gasteiger partial charge in [-0.2, -0.15) is 5.10 Å². The van der Waals surface area contributed by atoms with Crippen LogP contribution in [-0.4, -0.2) is 88.1 Å². The summed E-state index contributed by atoms with van der Waals surface area (Å²) in [6.07, 6.45) is 1.74. The Morgan fingerprint density at radius 1 is 1.03 bits per heavy atom. The second-order valence-electron chi connectivity index (χ2n) is 9.25. The number of piperazine rings is 1. The maximum absolute atomic E-state index is 13.6. The lowest BCUT2D eigenvalue weighted by molar-refractivity contribution is -0.133. The zero-order chi connectivity index (χ0) is 23.7. The summed E-state index contributed by atoms with van der Waals surface area (Å²) < 4.78 is 1.86. The predicted molar refractivity (Wildman–Crippen MR) is 129 cm³/mol. The molecule has 174 valence electrons. The summed E-state index contributed by atoms with van der Waals surface area (Å²) in [6.45, 7) is 8.65. The molecular weight excluding hydrogens is 416 g/mol. The Bertz CT molecular complexity index is 1160. The van der Waals surface area contributed by atoms with E-state index in [1.54, 1.807) is 6.20 Å². The largest absolute Gasteiger partial charge is 0.338 e. The van der Waals surface area contributed by atoms with E-state index in [9.17, 15) is 9.59 Å². The monoisotopic (exact) mass is 448 g/mol. The minimum Gasteiger partial charge on any atom is -0.338 e. The fourth-order valence-electron chi connectivity index (χ4n) is 4.14. The molecule has 0 bridgehead atoms. The molecule has 2 amide bonds. The van der Waals surface area contributed by atoms with Crippen molar-refractivity contribution >= 4 is 22.8 Å². The highest BCUT2D eigenvalue weighted by atomic mass is 16.2. The summed E-state index contributed by atoms with van der Waals surface area (Å²) in [6, 6.07) is 10.2. The van der Waals surface area contributed by atoms with Gasteiger partial charge in [-0.25, -0.2) is 9.67 Å². The van der Waals surface area contributed by atoms with Crippen LogP contribution < -0.4 is 0 Å². The highest BCUT2D eigenvalue weighted by Crippen LogP contribution is 2.28. The van der Waals surface area contributed by atoms with Crippen molar-refractivity contribution in [2.24, 2.45) is 0 Å². The second-order valence-corrected chi connectivity index (χ2v) is 9.25. The second kappa shape index (κ2) is 9.31. The lowest BCUT2D eigenvalue weighted by Gasteiger charge is -2.35. The van der Waals surface area contributed by atoms with E-state index in [4.69, 9.17) is 4.98 Å². The maximum atomic E-state index is 13.6. The van der Waals surface area contributed by atoms with Crippen molar-refractivity contribution in [3.05, 3.63) is 47.7 Å². The van der Waals surface area contributed by atoms with Gasteiger partial charge in [0.2, 0.25) is 5.91 Å². The standard InChI is InChI=1S/C25H32N6O2/c1-17(2)31-24-21(15-26-31)20(14-22(27-24)19-8-6-18(3)7-9-19)25(33)30-12-10-29(11-13-30)23(32)16-28(4)5/h6-9,14-15,17H,10-13,16H2,1-5H3. The number of rotatable bonds is 5. The van der Waals surface area contributed by atoms with Crippen LogP contribution in [0.3, 0.4) is 0 Å². The number of fused-ring (bicyclic) bond motifs is 1. The Balaban J connectivity index is 1.66. The normalized spacial score (nSPS) is 14.5. The molecule has 0 saturated carbocycles. The summed E-state index contributed by atoms with van der Waals surface area (Å²) in [4.78, 5) is 36.4. The van der Waals surface area contributed by atoms with Crippen LogP contribution in [0.5, 0.6) is 0 Å². The van der Waals surface area contributed by atoms with Gasteiger partial charge in [0.05, 0.1) is 29.4 Å². The van der Waals surface area contributed by atoms with Crippen LogP contribution >= 0.6 is 0 Å². The van der Waals surface area contributed by atoms with Gasteiger partial charge in [0.1, 0.15) is 0 Å². The van der Waals surface area contributed by atoms with E-state index in [-0.39, 0.29) is 17.9 Å². The van der Waals surface area contributed by atoms with E-state index in [1.165, 1.54) is 5.56 Å². The Morgan fingerprint density at radius 3 is 2.27 bits per heavy atom. The number of likely N-dealkylation sites (N-methyl/N-ethyl adjacent to an activating group) is 1. The first-order valence-electron chi connectivity index (χ1n) is 11.4. The number of pyridine rings is 1. The fraction of sp³-hybridized carbons (Fsp3) is 0.440. The molecule has 8 heteroatoms. The lowest BCUT2D eigenvalue weighted by atomic mass is 10.0. The summed E-state index contributed by atoms with van der Waals surface area (Å²) >= 11 is 0. The molecule has 0 unspecified atom stereocenters. The first-order valence-corrected chi connectivity index (χ1v) is 11.4. The van der Waals surface area contributed by atoms with Crippen LogP contribution in [0.4, 0.5) is 0 Å². The van der Waals surface area contributed by atoms with Crippen molar-refractivity contribution in [1.82, 2.24) is 29.5 Å². The van der Waals surface area contributed by atoms with E-state index in [2.05, 4.69) is 18.9 Å². The molecule has 0 radical (unpaired) electrons. The number of benzene rings is 1. The predicted octanol–water partition coefficient (Wildman–Crippen LogP) is 2.83. The zero-order valence-electron chi connectivity index (χ0n) is 20.1. The number of amides is 2. The van der Waals surface area contributed by atoms with Crippen LogP contribution in [0, 0.1) is 6.92 Å². The Kier molecular flexibility index (Phi) is 6.47. The molecule has 0 spiro atoms. The van der Waals surface area contributed by atoms with E-state index >= 15 is 0 Å². The highest BCUT2D eigenvalue weighted by Gasteiger charge is 2.27. The molecule has 8 nitrogen and oxygen atoms in total. The van der Waals surface area contributed by atoms with Crippen LogP contribution in [0.15, 0.2) is 36.5 Å². The smallest absolute Gasteiger partial charge is 0.254 e. The molecule has 0 N–H and O–H groups in total. The summed E-state index contributed by atoms with van der Waals surface area (Å²) in [5.41, 5.74) is 4.21. The van der Waals surface area contributed by atoms with Gasteiger partial charge in [-0.15, -0.1) is 0 Å². The fourth-order valence-corrected chi connectivity index (χ4v) is 4.14. The number of aromatic nitrogens is 3. The summed E-state index contributed by atoms with van der Waals surface area (Å²) in [5.74, 6) is 0.0528. The molecule has 3 heterocycles. The third-order valence-electron chi connectivity index (χ3n) is 6.00. The van der Waals surface area contributed by atoms with Gasteiger partial charge < -0.3 is 14.7 Å². The first kappa shape index (κ1) is 22.9. The minimum absolute atomic E-state index is 0.0428. The minimum atomic E-state index is -0.0428. The molecule has 1 aromatic carbocycles. The van der Waals surface area contributed by atoms with E-state index < -0.39 is 0 Å². The van der Waals surface area contributed by atoms with Crippen molar-refractivity contribution in [3.8, 4) is 11.3 Å². The lowest BCUT2D eigenvalue weighted by Crippen LogP contribution is -2.52. The molecule has 1 saturated heterocycles. The molecule has 0 atom stereocenters. The average molecular weight is 449 g/mol. The molecule has 3 aromatic rings. The van der Waals surface area contributed by atoms with E-state index in [0.29, 0.717) is 43.9 Å². The Hall–Kier alpha value is -3.26.